The van der Waals surface area contributed by atoms with Crippen LogP contribution in [0.2, 0.25) is 0 Å². The highest BCUT2D eigenvalue weighted by Gasteiger charge is 2.34. The number of hydrazine groups is 1. The topological polar surface area (TPSA) is 121 Å². The number of hydrogen-bond acceptors (Lipinski definition) is 8. The van der Waals surface area contributed by atoms with E-state index in [1.807, 2.05) is 4.90 Å². The zero-order valence-electron chi connectivity index (χ0n) is 14.5. The molecule has 0 amide bonds. The predicted molar refractivity (Wildman–Crippen MR) is 103 cm³/mol. The van der Waals surface area contributed by atoms with Crippen LogP contribution >= 0.6 is 11.3 Å². The minimum absolute atomic E-state index is 0.122. The highest BCUT2D eigenvalue weighted by molar-refractivity contribution is 7.16. The number of pyridine rings is 1. The summed E-state index contributed by atoms with van der Waals surface area (Å²) in [5, 5.41) is 14.4. The molecular formula is C17H16FN5O4S. The molecule has 0 spiro atoms. The summed E-state index contributed by atoms with van der Waals surface area (Å²) in [4.78, 5) is 27.0. The Labute approximate surface area is 161 Å². The maximum Gasteiger partial charge on any atom is 0.342 e. The van der Waals surface area contributed by atoms with Crippen LogP contribution in [0.25, 0.3) is 15.7 Å². The molecule has 0 atom stereocenters. The van der Waals surface area contributed by atoms with E-state index in [1.54, 1.807) is 9.78 Å². The van der Waals surface area contributed by atoms with Crippen molar-refractivity contribution in [1.82, 2.24) is 9.72 Å². The Kier molecular flexibility index (Phi) is 3.73. The van der Waals surface area contributed by atoms with Crippen LogP contribution < -0.4 is 31.7 Å². The molecule has 0 bridgehead atoms. The van der Waals surface area contributed by atoms with Crippen LogP contribution in [0.15, 0.2) is 10.2 Å². The van der Waals surface area contributed by atoms with Crippen LogP contribution in [0, 0.1) is 5.82 Å². The predicted octanol–water partition coefficient (Wildman–Crippen LogP) is 0.939. The molecule has 1 aromatic carbocycles. The van der Waals surface area contributed by atoms with Crippen molar-refractivity contribution in [1.29, 1.82) is 0 Å². The molecule has 3 aromatic rings. The highest BCUT2D eigenvalue weighted by Crippen LogP contribution is 2.46. The summed E-state index contributed by atoms with van der Waals surface area (Å²) in [5.74, 6) is 3.73. The lowest BCUT2D eigenvalue weighted by Crippen LogP contribution is -2.44. The first kappa shape index (κ1) is 17.2. The lowest BCUT2D eigenvalue weighted by Gasteiger charge is -2.33. The van der Waals surface area contributed by atoms with Crippen LogP contribution in [-0.4, -0.2) is 41.7 Å². The fourth-order valence-electron chi connectivity index (χ4n) is 3.98. The largest absolute Gasteiger partial charge is 0.483 e. The van der Waals surface area contributed by atoms with Crippen molar-refractivity contribution in [3.63, 3.8) is 0 Å². The SMILES string of the molecule is NNc1c(F)c(N2CCNCC2)c2c3c1c(=O)c(C(=O)O)c1scc(n13)CO2. The first-order valence-corrected chi connectivity index (χ1v) is 9.55. The van der Waals surface area contributed by atoms with Crippen molar-refractivity contribution in [3.8, 4) is 5.75 Å². The number of aromatic nitrogens is 1. The third-order valence-electron chi connectivity index (χ3n) is 5.19. The van der Waals surface area contributed by atoms with Crippen molar-refractivity contribution in [2.45, 2.75) is 6.61 Å². The number of rotatable bonds is 3. The number of nitrogens with one attached hydrogen (secondary N) is 2. The minimum Gasteiger partial charge on any atom is -0.483 e. The van der Waals surface area contributed by atoms with E-state index in [2.05, 4.69) is 10.7 Å². The first-order chi connectivity index (χ1) is 13.5. The Morgan fingerprint density at radius 2 is 2.14 bits per heavy atom. The van der Waals surface area contributed by atoms with E-state index in [0.717, 1.165) is 11.3 Å². The van der Waals surface area contributed by atoms with Gasteiger partial charge in [0.1, 0.15) is 33.9 Å². The maximum atomic E-state index is 15.5. The average Bonchev–Trinajstić information content (AvgIpc) is 3.11. The molecule has 146 valence electrons. The van der Waals surface area contributed by atoms with E-state index in [-0.39, 0.29) is 29.1 Å². The van der Waals surface area contributed by atoms with Crippen molar-refractivity contribution < 1.29 is 19.0 Å². The number of ether oxygens (including phenoxy) is 1. The van der Waals surface area contributed by atoms with Gasteiger partial charge in [0.25, 0.3) is 0 Å². The van der Waals surface area contributed by atoms with Gasteiger partial charge in [-0.1, -0.05) is 0 Å². The number of halogens is 1. The van der Waals surface area contributed by atoms with Gasteiger partial charge >= 0.3 is 5.97 Å². The van der Waals surface area contributed by atoms with Gasteiger partial charge in [-0.3, -0.25) is 15.0 Å². The van der Waals surface area contributed by atoms with E-state index in [0.29, 0.717) is 42.2 Å². The van der Waals surface area contributed by atoms with Crippen molar-refractivity contribution in [2.75, 3.05) is 36.5 Å². The Morgan fingerprint density at radius 3 is 2.82 bits per heavy atom. The van der Waals surface area contributed by atoms with Gasteiger partial charge in [-0.15, -0.1) is 11.3 Å². The minimum atomic E-state index is -1.37. The molecule has 2 aliphatic rings. The Morgan fingerprint density at radius 1 is 1.39 bits per heavy atom. The van der Waals surface area contributed by atoms with Gasteiger partial charge in [-0.25, -0.2) is 9.18 Å². The van der Waals surface area contributed by atoms with Crippen LogP contribution in [-0.2, 0) is 6.61 Å². The molecule has 4 heterocycles. The summed E-state index contributed by atoms with van der Waals surface area (Å²) < 4.78 is 23.1. The monoisotopic (exact) mass is 405 g/mol. The van der Waals surface area contributed by atoms with E-state index in [4.69, 9.17) is 10.6 Å². The van der Waals surface area contributed by atoms with E-state index < -0.39 is 22.8 Å². The molecule has 5 rings (SSSR count). The number of hydrogen-bond donors (Lipinski definition) is 4. The second-order valence-corrected chi connectivity index (χ2v) is 7.50. The second-order valence-electron chi connectivity index (χ2n) is 6.64. The maximum absolute atomic E-state index is 15.5. The lowest BCUT2D eigenvalue weighted by molar-refractivity contribution is 0.0697. The number of piperazine rings is 1. The molecule has 9 nitrogen and oxygen atoms in total. The smallest absolute Gasteiger partial charge is 0.342 e. The second kappa shape index (κ2) is 6.06. The van der Waals surface area contributed by atoms with Crippen molar-refractivity contribution in [3.05, 3.63) is 32.7 Å². The van der Waals surface area contributed by atoms with E-state index in [9.17, 15) is 14.7 Å². The molecule has 0 unspecified atom stereocenters. The summed E-state index contributed by atoms with van der Waals surface area (Å²) >= 11 is 1.15. The highest BCUT2D eigenvalue weighted by atomic mass is 32.1. The number of benzene rings is 1. The number of nitrogen functional groups attached to an aromatic ring is 1. The number of carboxylic acid groups (broad SMARTS) is 1. The Hall–Kier alpha value is -2.89. The zero-order valence-corrected chi connectivity index (χ0v) is 15.4. The third kappa shape index (κ3) is 2.11. The number of nitrogens with two attached hydrogens (primary N) is 1. The van der Waals surface area contributed by atoms with E-state index >= 15 is 4.39 Å². The Bertz CT molecular complexity index is 1210. The van der Waals surface area contributed by atoms with Crippen molar-refractivity contribution in [2.24, 2.45) is 5.84 Å². The molecule has 0 aliphatic carbocycles. The summed E-state index contributed by atoms with van der Waals surface area (Å²) in [6.07, 6.45) is 0. The lowest BCUT2D eigenvalue weighted by atomic mass is 10.0. The van der Waals surface area contributed by atoms with Gasteiger partial charge in [-0.2, -0.15) is 0 Å². The van der Waals surface area contributed by atoms with Gasteiger partial charge in [0.05, 0.1) is 11.1 Å². The number of carboxylic acids is 1. The molecule has 2 aromatic heterocycles. The molecule has 1 saturated heterocycles. The number of thiazole rings is 1. The van der Waals surface area contributed by atoms with Gasteiger partial charge in [0.2, 0.25) is 5.43 Å². The normalized spacial score (nSPS) is 16.0. The molecule has 5 N–H and O–H groups in total. The summed E-state index contributed by atoms with van der Waals surface area (Å²) in [6, 6.07) is 0. The quantitative estimate of drug-likeness (QED) is 0.375. The third-order valence-corrected chi connectivity index (χ3v) is 6.19. The van der Waals surface area contributed by atoms with Crippen LogP contribution in [0.5, 0.6) is 5.75 Å². The standard InChI is InChI=1S/C17H16FN5O4S/c18-10-11(21-19)8-12-15(13(10)22-3-1-20-2-4-22)27-5-7-6-28-16(23(7)12)9(14(8)24)17(25)26/h6,20-21H,1-5,19H2,(H,25,26). The van der Waals surface area contributed by atoms with Crippen LogP contribution in [0.1, 0.15) is 16.1 Å². The van der Waals surface area contributed by atoms with Gasteiger partial charge in [0.15, 0.2) is 11.6 Å². The first-order valence-electron chi connectivity index (χ1n) is 8.67. The van der Waals surface area contributed by atoms with Gasteiger partial charge < -0.3 is 25.5 Å². The summed E-state index contributed by atoms with van der Waals surface area (Å²) in [6.45, 7) is 2.63. The van der Waals surface area contributed by atoms with E-state index in [1.165, 1.54) is 0 Å². The molecule has 2 aliphatic heterocycles. The summed E-state index contributed by atoms with van der Waals surface area (Å²) in [5.41, 5.74) is 2.13. The zero-order chi connectivity index (χ0) is 19.6. The molecule has 0 saturated carbocycles. The molecule has 0 radical (unpaired) electrons. The molecule has 28 heavy (non-hydrogen) atoms. The van der Waals surface area contributed by atoms with Crippen LogP contribution in [0.4, 0.5) is 15.8 Å². The molecule has 1 fully saturated rings. The van der Waals surface area contributed by atoms with Crippen LogP contribution in [0.3, 0.4) is 0 Å². The van der Waals surface area contributed by atoms with Crippen molar-refractivity contribution >= 4 is 44.4 Å². The number of carbonyl (C=O) groups is 1. The number of nitrogens with zero attached hydrogens (tertiary/aromatic N) is 2. The fourth-order valence-corrected chi connectivity index (χ4v) is 5.01. The fraction of sp³-hybridized carbons (Fsp3) is 0.294. The molecular weight excluding hydrogens is 389 g/mol. The number of aromatic carboxylic acids is 1. The average molecular weight is 405 g/mol. The Balaban J connectivity index is 2.01. The summed E-state index contributed by atoms with van der Waals surface area (Å²) in [7, 11) is 0. The molecule has 11 heteroatoms. The van der Waals surface area contributed by atoms with Gasteiger partial charge in [-0.05, 0) is 0 Å². The number of anilines is 2. The van der Waals surface area contributed by atoms with Gasteiger partial charge in [0, 0.05) is 31.6 Å².